The van der Waals surface area contributed by atoms with E-state index in [1.807, 2.05) is 19.1 Å². The molecular weight excluding hydrogens is 278 g/mol. The normalized spacial score (nSPS) is 15.0. The molecule has 0 aliphatic carbocycles. The minimum Gasteiger partial charge on any atom is -0.378 e. The second-order valence-corrected chi connectivity index (χ2v) is 5.08. The SMILES string of the molecule is CCCNC(=O)Nc1cc(Cl)ccc1N1CCOCC1. The molecule has 0 aromatic heterocycles. The van der Waals surface area contributed by atoms with Crippen LogP contribution in [-0.4, -0.2) is 38.9 Å². The minimum atomic E-state index is -0.205. The molecule has 110 valence electrons. The van der Waals surface area contributed by atoms with Crippen molar-refractivity contribution >= 4 is 29.0 Å². The van der Waals surface area contributed by atoms with Crippen molar-refractivity contribution in [3.8, 4) is 0 Å². The van der Waals surface area contributed by atoms with E-state index in [2.05, 4.69) is 15.5 Å². The van der Waals surface area contributed by atoms with Crippen molar-refractivity contribution in [2.75, 3.05) is 43.1 Å². The van der Waals surface area contributed by atoms with Crippen LogP contribution in [0.5, 0.6) is 0 Å². The van der Waals surface area contributed by atoms with Gasteiger partial charge < -0.3 is 20.3 Å². The fourth-order valence-corrected chi connectivity index (χ4v) is 2.27. The number of carbonyl (C=O) groups excluding carboxylic acids is 1. The molecule has 2 amide bonds. The summed E-state index contributed by atoms with van der Waals surface area (Å²) in [7, 11) is 0. The Morgan fingerprint density at radius 2 is 2.15 bits per heavy atom. The van der Waals surface area contributed by atoms with Crippen molar-refractivity contribution in [3.05, 3.63) is 23.2 Å². The molecule has 1 aromatic rings. The number of nitrogens with zero attached hydrogens (tertiary/aromatic N) is 1. The largest absolute Gasteiger partial charge is 0.378 e. The van der Waals surface area contributed by atoms with Crippen LogP contribution < -0.4 is 15.5 Å². The van der Waals surface area contributed by atoms with Crippen LogP contribution in [0.3, 0.4) is 0 Å². The number of hydrogen-bond donors (Lipinski definition) is 2. The van der Waals surface area contributed by atoms with Gasteiger partial charge >= 0.3 is 6.03 Å². The fraction of sp³-hybridized carbons (Fsp3) is 0.500. The lowest BCUT2D eigenvalue weighted by atomic mass is 10.2. The maximum absolute atomic E-state index is 11.8. The zero-order chi connectivity index (χ0) is 14.4. The first-order chi connectivity index (χ1) is 9.70. The number of halogens is 1. The summed E-state index contributed by atoms with van der Waals surface area (Å²) in [5.41, 5.74) is 1.71. The maximum atomic E-state index is 11.8. The van der Waals surface area contributed by atoms with E-state index < -0.39 is 0 Å². The Bertz CT molecular complexity index is 462. The first kappa shape index (κ1) is 14.9. The van der Waals surface area contributed by atoms with Gasteiger partial charge in [-0.05, 0) is 24.6 Å². The van der Waals surface area contributed by atoms with Gasteiger partial charge in [-0.1, -0.05) is 18.5 Å². The summed E-state index contributed by atoms with van der Waals surface area (Å²) < 4.78 is 5.35. The number of rotatable bonds is 4. The molecule has 1 heterocycles. The summed E-state index contributed by atoms with van der Waals surface area (Å²) in [5, 5.41) is 6.27. The van der Waals surface area contributed by atoms with Crippen molar-refractivity contribution < 1.29 is 9.53 Å². The Morgan fingerprint density at radius 1 is 1.40 bits per heavy atom. The molecule has 2 rings (SSSR count). The van der Waals surface area contributed by atoms with Gasteiger partial charge in [-0.3, -0.25) is 0 Å². The number of amides is 2. The van der Waals surface area contributed by atoms with E-state index in [1.54, 1.807) is 6.07 Å². The van der Waals surface area contributed by atoms with Crippen molar-refractivity contribution in [2.24, 2.45) is 0 Å². The van der Waals surface area contributed by atoms with Crippen LogP contribution in [0, 0.1) is 0 Å². The summed E-state index contributed by atoms with van der Waals surface area (Å²) in [6, 6.07) is 5.34. The van der Waals surface area contributed by atoms with Gasteiger partial charge in [-0.25, -0.2) is 4.79 Å². The summed E-state index contributed by atoms with van der Waals surface area (Å²) in [6.45, 7) is 5.69. The molecular formula is C14H20ClN3O2. The Labute approximate surface area is 124 Å². The third kappa shape index (κ3) is 4.02. The van der Waals surface area contributed by atoms with Crippen molar-refractivity contribution in [1.29, 1.82) is 0 Å². The predicted octanol–water partition coefficient (Wildman–Crippen LogP) is 2.71. The van der Waals surface area contributed by atoms with Gasteiger partial charge in [0.2, 0.25) is 0 Å². The third-order valence-corrected chi connectivity index (χ3v) is 3.33. The quantitative estimate of drug-likeness (QED) is 0.898. The second-order valence-electron chi connectivity index (χ2n) is 4.64. The Hall–Kier alpha value is -1.46. The number of morpholine rings is 1. The van der Waals surface area contributed by atoms with Gasteiger partial charge in [0.1, 0.15) is 0 Å². The van der Waals surface area contributed by atoms with E-state index >= 15 is 0 Å². The van der Waals surface area contributed by atoms with Crippen LogP contribution in [-0.2, 0) is 4.74 Å². The molecule has 2 N–H and O–H groups in total. The van der Waals surface area contributed by atoms with Crippen LogP contribution in [0.15, 0.2) is 18.2 Å². The molecule has 1 fully saturated rings. The molecule has 0 atom stereocenters. The standard InChI is InChI=1S/C14H20ClN3O2/c1-2-5-16-14(19)17-12-10-11(15)3-4-13(12)18-6-8-20-9-7-18/h3-4,10H,2,5-9H2,1H3,(H2,16,17,19). The number of anilines is 2. The van der Waals surface area contributed by atoms with Crippen LogP contribution >= 0.6 is 11.6 Å². The van der Waals surface area contributed by atoms with E-state index in [0.717, 1.165) is 30.9 Å². The Kier molecular flexibility index (Phi) is 5.49. The smallest absolute Gasteiger partial charge is 0.319 e. The summed E-state index contributed by atoms with van der Waals surface area (Å²) in [6.07, 6.45) is 0.902. The van der Waals surface area contributed by atoms with E-state index in [1.165, 1.54) is 0 Å². The highest BCUT2D eigenvalue weighted by Crippen LogP contribution is 2.29. The van der Waals surface area contributed by atoms with E-state index in [9.17, 15) is 4.79 Å². The van der Waals surface area contributed by atoms with Crippen LogP contribution in [0.25, 0.3) is 0 Å². The summed E-state index contributed by atoms with van der Waals surface area (Å²) in [4.78, 5) is 14.0. The van der Waals surface area contributed by atoms with E-state index in [-0.39, 0.29) is 6.03 Å². The minimum absolute atomic E-state index is 0.205. The molecule has 0 spiro atoms. The Morgan fingerprint density at radius 3 is 2.85 bits per heavy atom. The van der Waals surface area contributed by atoms with Crippen molar-refractivity contribution in [1.82, 2.24) is 5.32 Å². The monoisotopic (exact) mass is 297 g/mol. The predicted molar refractivity (Wildman–Crippen MR) is 81.8 cm³/mol. The average molecular weight is 298 g/mol. The third-order valence-electron chi connectivity index (χ3n) is 3.09. The van der Waals surface area contributed by atoms with E-state index in [0.29, 0.717) is 24.8 Å². The molecule has 1 aliphatic rings. The number of urea groups is 1. The highest BCUT2D eigenvalue weighted by Gasteiger charge is 2.16. The Balaban J connectivity index is 2.12. The summed E-state index contributed by atoms with van der Waals surface area (Å²) in [5.74, 6) is 0. The molecule has 1 aromatic carbocycles. The lowest BCUT2D eigenvalue weighted by Gasteiger charge is -2.30. The number of carbonyl (C=O) groups is 1. The van der Waals surface area contributed by atoms with Gasteiger partial charge in [-0.15, -0.1) is 0 Å². The maximum Gasteiger partial charge on any atom is 0.319 e. The van der Waals surface area contributed by atoms with Crippen LogP contribution in [0.1, 0.15) is 13.3 Å². The molecule has 0 radical (unpaired) electrons. The van der Waals surface area contributed by atoms with Crippen LogP contribution in [0.4, 0.5) is 16.2 Å². The first-order valence-electron chi connectivity index (χ1n) is 6.88. The van der Waals surface area contributed by atoms with Crippen molar-refractivity contribution in [2.45, 2.75) is 13.3 Å². The molecule has 20 heavy (non-hydrogen) atoms. The zero-order valence-electron chi connectivity index (χ0n) is 11.6. The molecule has 0 unspecified atom stereocenters. The van der Waals surface area contributed by atoms with Gasteiger partial charge in [0.05, 0.1) is 24.6 Å². The van der Waals surface area contributed by atoms with Crippen LogP contribution in [0.2, 0.25) is 5.02 Å². The molecule has 1 saturated heterocycles. The molecule has 0 bridgehead atoms. The molecule has 1 aliphatic heterocycles. The number of benzene rings is 1. The van der Waals surface area contributed by atoms with Gasteiger partial charge in [-0.2, -0.15) is 0 Å². The van der Waals surface area contributed by atoms with Gasteiger partial charge in [0.25, 0.3) is 0 Å². The lowest BCUT2D eigenvalue weighted by molar-refractivity contribution is 0.123. The van der Waals surface area contributed by atoms with Gasteiger partial charge in [0.15, 0.2) is 0 Å². The second kappa shape index (κ2) is 7.36. The number of hydrogen-bond acceptors (Lipinski definition) is 3. The summed E-state index contributed by atoms with van der Waals surface area (Å²) >= 11 is 6.03. The first-order valence-corrected chi connectivity index (χ1v) is 7.25. The van der Waals surface area contributed by atoms with Gasteiger partial charge in [0, 0.05) is 24.7 Å². The highest BCUT2D eigenvalue weighted by atomic mass is 35.5. The highest BCUT2D eigenvalue weighted by molar-refractivity contribution is 6.31. The fourth-order valence-electron chi connectivity index (χ4n) is 2.09. The average Bonchev–Trinajstić information content (AvgIpc) is 2.46. The molecule has 5 nitrogen and oxygen atoms in total. The lowest BCUT2D eigenvalue weighted by Crippen LogP contribution is -2.37. The number of nitrogens with one attached hydrogen (secondary N) is 2. The number of ether oxygens (including phenoxy) is 1. The molecule has 0 saturated carbocycles. The van der Waals surface area contributed by atoms with E-state index in [4.69, 9.17) is 16.3 Å². The zero-order valence-corrected chi connectivity index (χ0v) is 12.4. The van der Waals surface area contributed by atoms with Crippen molar-refractivity contribution in [3.63, 3.8) is 0 Å². The molecule has 6 heteroatoms. The topological polar surface area (TPSA) is 53.6 Å².